The van der Waals surface area contributed by atoms with Gasteiger partial charge in [-0.2, -0.15) is 0 Å². The van der Waals surface area contributed by atoms with Gasteiger partial charge in [-0.05, 0) is 19.1 Å². The number of nitrogens with zero attached hydrogens (tertiary/aromatic N) is 2. The van der Waals surface area contributed by atoms with Crippen LogP contribution in [0.1, 0.15) is 6.92 Å². The van der Waals surface area contributed by atoms with Gasteiger partial charge in [-0.25, -0.2) is 4.79 Å². The molecule has 2 rings (SSSR count). The summed E-state index contributed by atoms with van der Waals surface area (Å²) >= 11 is 0. The fourth-order valence-corrected chi connectivity index (χ4v) is 2.08. The maximum Gasteiger partial charge on any atom is 0.326 e. The van der Waals surface area contributed by atoms with Crippen molar-refractivity contribution in [1.29, 1.82) is 0 Å². The molecule has 0 aliphatic heterocycles. The summed E-state index contributed by atoms with van der Waals surface area (Å²) in [5, 5.41) is 8.90. The van der Waals surface area contributed by atoms with Crippen LogP contribution in [0.25, 0.3) is 11.0 Å². The van der Waals surface area contributed by atoms with E-state index in [1.54, 1.807) is 12.1 Å². The number of aromatic amines is 1. The topological polar surface area (TPSA) is 78.3 Å². The van der Waals surface area contributed by atoms with Crippen LogP contribution in [0.3, 0.4) is 0 Å². The number of amides is 1. The molecule has 0 saturated heterocycles. The van der Waals surface area contributed by atoms with E-state index in [4.69, 9.17) is 5.11 Å². The summed E-state index contributed by atoms with van der Waals surface area (Å²) in [6.45, 7) is 2.54. The number of para-hydroxylation sites is 2. The molecule has 19 heavy (non-hydrogen) atoms. The van der Waals surface area contributed by atoms with E-state index >= 15 is 0 Å². The summed E-state index contributed by atoms with van der Waals surface area (Å²) in [6.07, 6.45) is 0. The number of carbonyl (C=O) groups is 1. The van der Waals surface area contributed by atoms with Crippen molar-refractivity contribution < 1.29 is 9.90 Å². The number of aromatic nitrogens is 2. The number of rotatable bonds is 5. The molecular weight excluding hydrogens is 246 g/mol. The number of benzene rings is 1. The Balaban J connectivity index is 2.28. The zero-order valence-corrected chi connectivity index (χ0v) is 10.8. The van der Waals surface area contributed by atoms with Crippen LogP contribution in [0.5, 0.6) is 0 Å². The highest BCUT2D eigenvalue weighted by molar-refractivity contribution is 5.80. The van der Waals surface area contributed by atoms with Gasteiger partial charge in [-0.15, -0.1) is 0 Å². The Labute approximate surface area is 110 Å². The largest absolute Gasteiger partial charge is 0.395 e. The smallest absolute Gasteiger partial charge is 0.326 e. The first-order valence-electron chi connectivity index (χ1n) is 6.23. The number of H-pyrrole nitrogens is 1. The van der Waals surface area contributed by atoms with Crippen molar-refractivity contribution in [3.8, 4) is 0 Å². The van der Waals surface area contributed by atoms with Crippen molar-refractivity contribution in [2.24, 2.45) is 0 Å². The molecule has 0 bridgehead atoms. The van der Waals surface area contributed by atoms with Crippen LogP contribution >= 0.6 is 0 Å². The number of aliphatic hydroxyl groups is 1. The fraction of sp³-hybridized carbons (Fsp3) is 0.385. The van der Waals surface area contributed by atoms with E-state index in [9.17, 15) is 9.59 Å². The van der Waals surface area contributed by atoms with E-state index in [0.29, 0.717) is 17.6 Å². The molecule has 1 amide bonds. The first-order valence-corrected chi connectivity index (χ1v) is 6.23. The Hall–Kier alpha value is -2.08. The molecule has 1 aromatic heterocycles. The molecule has 102 valence electrons. The molecule has 0 aliphatic rings. The van der Waals surface area contributed by atoms with E-state index in [1.807, 2.05) is 19.1 Å². The summed E-state index contributed by atoms with van der Waals surface area (Å²) in [6, 6.07) is 7.24. The normalized spacial score (nSPS) is 10.8. The summed E-state index contributed by atoms with van der Waals surface area (Å²) < 4.78 is 1.41. The Bertz CT molecular complexity index is 629. The van der Waals surface area contributed by atoms with Gasteiger partial charge < -0.3 is 15.0 Å². The highest BCUT2D eigenvalue weighted by atomic mass is 16.3. The SMILES string of the molecule is CCN(CCO)C(=O)Cn1c(=O)[nH]c2ccccc21. The van der Waals surface area contributed by atoms with Crippen LogP contribution < -0.4 is 5.69 Å². The van der Waals surface area contributed by atoms with Crippen LogP contribution in [-0.2, 0) is 11.3 Å². The second-order valence-electron chi connectivity index (χ2n) is 4.23. The minimum absolute atomic E-state index is 0.0172. The Morgan fingerprint density at radius 1 is 1.42 bits per heavy atom. The lowest BCUT2D eigenvalue weighted by atomic mass is 10.3. The van der Waals surface area contributed by atoms with Crippen molar-refractivity contribution >= 4 is 16.9 Å². The molecule has 6 nitrogen and oxygen atoms in total. The standard InChI is InChI=1S/C13H17N3O3/c1-2-15(7-8-17)12(18)9-16-11-6-4-3-5-10(11)14-13(16)19/h3-6,17H,2,7-9H2,1H3,(H,14,19). The number of likely N-dealkylation sites (N-methyl/N-ethyl adjacent to an activating group) is 1. The van der Waals surface area contributed by atoms with Gasteiger partial charge in [0.2, 0.25) is 5.91 Å². The second-order valence-corrected chi connectivity index (χ2v) is 4.23. The second kappa shape index (κ2) is 5.71. The number of nitrogens with one attached hydrogen (secondary N) is 1. The van der Waals surface area contributed by atoms with E-state index in [0.717, 1.165) is 0 Å². The highest BCUT2D eigenvalue weighted by Crippen LogP contribution is 2.09. The average Bonchev–Trinajstić information content (AvgIpc) is 2.72. The molecule has 0 unspecified atom stereocenters. The average molecular weight is 263 g/mol. The van der Waals surface area contributed by atoms with Gasteiger partial charge in [0.1, 0.15) is 6.54 Å². The van der Waals surface area contributed by atoms with Crippen molar-refractivity contribution in [3.05, 3.63) is 34.7 Å². The van der Waals surface area contributed by atoms with Gasteiger partial charge in [0, 0.05) is 13.1 Å². The fourth-order valence-electron chi connectivity index (χ4n) is 2.08. The lowest BCUT2D eigenvalue weighted by molar-refractivity contribution is -0.132. The zero-order valence-electron chi connectivity index (χ0n) is 10.8. The number of hydrogen-bond donors (Lipinski definition) is 2. The van der Waals surface area contributed by atoms with Gasteiger partial charge in [-0.3, -0.25) is 9.36 Å². The maximum atomic E-state index is 12.1. The molecule has 0 saturated carbocycles. The predicted octanol–water partition coefficient (Wildman–Crippen LogP) is 0.170. The van der Waals surface area contributed by atoms with Crippen molar-refractivity contribution in [3.63, 3.8) is 0 Å². The van der Waals surface area contributed by atoms with Crippen LogP contribution in [0.15, 0.2) is 29.1 Å². The zero-order chi connectivity index (χ0) is 13.8. The molecule has 0 aliphatic carbocycles. The molecule has 1 aromatic carbocycles. The summed E-state index contributed by atoms with van der Waals surface area (Å²) in [5.74, 6) is -0.177. The molecule has 2 aromatic rings. The molecule has 0 radical (unpaired) electrons. The number of carbonyl (C=O) groups excluding carboxylic acids is 1. The third kappa shape index (κ3) is 2.68. The Kier molecular flexibility index (Phi) is 4.01. The van der Waals surface area contributed by atoms with Gasteiger partial charge in [0.25, 0.3) is 0 Å². The Morgan fingerprint density at radius 3 is 2.84 bits per heavy atom. The minimum Gasteiger partial charge on any atom is -0.395 e. The quantitative estimate of drug-likeness (QED) is 0.807. The maximum absolute atomic E-state index is 12.1. The van der Waals surface area contributed by atoms with Gasteiger partial charge >= 0.3 is 5.69 Å². The lowest BCUT2D eigenvalue weighted by Gasteiger charge is -2.19. The predicted molar refractivity (Wildman–Crippen MR) is 71.9 cm³/mol. The van der Waals surface area contributed by atoms with E-state index in [-0.39, 0.29) is 31.3 Å². The van der Waals surface area contributed by atoms with Gasteiger partial charge in [-0.1, -0.05) is 12.1 Å². The van der Waals surface area contributed by atoms with Crippen LogP contribution in [-0.4, -0.2) is 45.2 Å². The molecule has 0 spiro atoms. The molecule has 0 atom stereocenters. The molecule has 1 heterocycles. The molecular formula is C13H17N3O3. The van der Waals surface area contributed by atoms with Crippen LogP contribution in [0.2, 0.25) is 0 Å². The summed E-state index contributed by atoms with van der Waals surface area (Å²) in [4.78, 5) is 28.1. The third-order valence-corrected chi connectivity index (χ3v) is 3.08. The van der Waals surface area contributed by atoms with E-state index in [2.05, 4.69) is 4.98 Å². The number of imidazole rings is 1. The minimum atomic E-state index is -0.297. The van der Waals surface area contributed by atoms with E-state index in [1.165, 1.54) is 9.47 Å². The molecule has 0 fully saturated rings. The summed E-state index contributed by atoms with van der Waals surface area (Å²) in [7, 11) is 0. The summed E-state index contributed by atoms with van der Waals surface area (Å²) in [5.41, 5.74) is 1.13. The van der Waals surface area contributed by atoms with Crippen molar-refractivity contribution in [1.82, 2.24) is 14.5 Å². The van der Waals surface area contributed by atoms with E-state index < -0.39 is 0 Å². The van der Waals surface area contributed by atoms with Gasteiger partial charge in [0.05, 0.1) is 17.6 Å². The van der Waals surface area contributed by atoms with Gasteiger partial charge in [0.15, 0.2) is 0 Å². The van der Waals surface area contributed by atoms with Crippen molar-refractivity contribution in [2.45, 2.75) is 13.5 Å². The Morgan fingerprint density at radius 2 is 2.16 bits per heavy atom. The number of fused-ring (bicyclic) bond motifs is 1. The lowest BCUT2D eigenvalue weighted by Crippen LogP contribution is -2.37. The number of aliphatic hydroxyl groups excluding tert-OH is 1. The van der Waals surface area contributed by atoms with Crippen molar-refractivity contribution in [2.75, 3.05) is 19.7 Å². The monoisotopic (exact) mass is 263 g/mol. The van der Waals surface area contributed by atoms with Crippen LogP contribution in [0, 0.1) is 0 Å². The van der Waals surface area contributed by atoms with Crippen LogP contribution in [0.4, 0.5) is 0 Å². The highest BCUT2D eigenvalue weighted by Gasteiger charge is 2.14. The first kappa shape index (κ1) is 13.4. The number of hydrogen-bond acceptors (Lipinski definition) is 3. The molecule has 6 heteroatoms. The first-order chi connectivity index (χ1) is 9.17. The third-order valence-electron chi connectivity index (χ3n) is 3.08. The molecule has 2 N–H and O–H groups in total.